The van der Waals surface area contributed by atoms with Gasteiger partial charge in [0.05, 0.1) is 7.11 Å². The molecule has 1 amide bonds. The summed E-state index contributed by atoms with van der Waals surface area (Å²) in [6, 6.07) is 3.82. The Hall–Kier alpha value is -1.62. The Bertz CT molecular complexity index is 434. The Balaban J connectivity index is 2.95. The summed E-state index contributed by atoms with van der Waals surface area (Å²) in [5.41, 5.74) is 0.150. The van der Waals surface area contributed by atoms with Crippen LogP contribution in [0.25, 0.3) is 6.08 Å². The molecule has 0 unspecified atom stereocenters. The Morgan fingerprint density at radius 1 is 1.44 bits per heavy atom. The van der Waals surface area contributed by atoms with Crippen molar-refractivity contribution in [3.63, 3.8) is 0 Å². The third kappa shape index (κ3) is 3.51. The fraction of sp³-hybridized carbons (Fsp3) is 0.273. The normalized spacial score (nSPS) is 11.1. The number of carbonyl (C=O) groups is 2. The summed E-state index contributed by atoms with van der Waals surface area (Å²) in [5, 5.41) is 2.44. The van der Waals surface area contributed by atoms with Crippen LogP contribution in [0.2, 0.25) is 0 Å². The molecule has 0 radical (unpaired) electrons. The summed E-state index contributed by atoms with van der Waals surface area (Å²) in [6.07, 6.45) is 1.60. The predicted octanol–water partition coefficient (Wildman–Crippen LogP) is 1.71. The molecular formula is C11H13NO3S. The van der Waals surface area contributed by atoms with Gasteiger partial charge in [0.15, 0.2) is 0 Å². The van der Waals surface area contributed by atoms with Gasteiger partial charge in [0.25, 0.3) is 0 Å². The van der Waals surface area contributed by atoms with Crippen molar-refractivity contribution >= 4 is 29.3 Å². The number of hydrogen-bond acceptors (Lipinski definition) is 4. The number of rotatable bonds is 3. The van der Waals surface area contributed by atoms with Gasteiger partial charge >= 0.3 is 5.97 Å². The largest absolute Gasteiger partial charge is 0.464 e. The van der Waals surface area contributed by atoms with E-state index in [0.717, 1.165) is 9.75 Å². The van der Waals surface area contributed by atoms with Gasteiger partial charge in [-0.3, -0.25) is 4.79 Å². The Morgan fingerprint density at radius 2 is 2.12 bits per heavy atom. The summed E-state index contributed by atoms with van der Waals surface area (Å²) in [7, 11) is 1.28. The Labute approximate surface area is 97.9 Å². The number of ether oxygens (including phenoxy) is 1. The quantitative estimate of drug-likeness (QED) is 0.645. The van der Waals surface area contributed by atoms with E-state index in [0.29, 0.717) is 0 Å². The number of thiophene rings is 1. The highest BCUT2D eigenvalue weighted by molar-refractivity contribution is 7.12. The molecule has 1 rings (SSSR count). The molecule has 0 bridgehead atoms. The molecule has 1 aromatic rings. The second-order valence-electron chi connectivity index (χ2n) is 3.18. The first-order valence-corrected chi connectivity index (χ1v) is 5.48. The number of methoxy groups -OCH3 is 1. The summed E-state index contributed by atoms with van der Waals surface area (Å²) >= 11 is 1.54. The fourth-order valence-corrected chi connectivity index (χ4v) is 1.94. The third-order valence-electron chi connectivity index (χ3n) is 1.76. The molecule has 0 aliphatic rings. The van der Waals surface area contributed by atoms with Crippen molar-refractivity contribution in [3.8, 4) is 0 Å². The molecular weight excluding hydrogens is 226 g/mol. The van der Waals surface area contributed by atoms with Gasteiger partial charge in [0.2, 0.25) is 5.91 Å². The number of nitrogens with one attached hydrogen (secondary N) is 1. The maximum absolute atomic E-state index is 11.4. The van der Waals surface area contributed by atoms with E-state index in [1.165, 1.54) is 25.4 Å². The second-order valence-corrected chi connectivity index (χ2v) is 4.50. The van der Waals surface area contributed by atoms with Crippen LogP contribution >= 0.6 is 11.3 Å². The van der Waals surface area contributed by atoms with Crippen LogP contribution in [-0.4, -0.2) is 19.0 Å². The van der Waals surface area contributed by atoms with Crippen LogP contribution < -0.4 is 5.32 Å². The zero-order valence-corrected chi connectivity index (χ0v) is 10.2. The van der Waals surface area contributed by atoms with Crippen molar-refractivity contribution < 1.29 is 14.3 Å². The molecule has 0 aromatic carbocycles. The van der Waals surface area contributed by atoms with Crippen LogP contribution in [0.5, 0.6) is 0 Å². The zero-order chi connectivity index (χ0) is 12.1. The van der Waals surface area contributed by atoms with Crippen molar-refractivity contribution in [2.45, 2.75) is 13.8 Å². The van der Waals surface area contributed by atoms with Crippen molar-refractivity contribution in [3.05, 3.63) is 27.6 Å². The molecule has 0 fully saturated rings. The molecule has 0 atom stereocenters. The SMILES string of the molecule is COC(=O)C(=Cc1ccc(C)s1)NC(C)=O. The van der Waals surface area contributed by atoms with E-state index in [4.69, 9.17) is 0 Å². The van der Waals surface area contributed by atoms with Gasteiger partial charge in [-0.25, -0.2) is 4.79 Å². The molecule has 4 nitrogen and oxygen atoms in total. The number of carbonyl (C=O) groups excluding carboxylic acids is 2. The van der Waals surface area contributed by atoms with E-state index in [2.05, 4.69) is 10.1 Å². The van der Waals surface area contributed by atoms with Crippen molar-refractivity contribution in [1.82, 2.24) is 5.32 Å². The maximum atomic E-state index is 11.4. The first-order chi connectivity index (χ1) is 7.52. The van der Waals surface area contributed by atoms with Gasteiger partial charge < -0.3 is 10.1 Å². The van der Waals surface area contributed by atoms with Crippen LogP contribution in [-0.2, 0) is 14.3 Å². The van der Waals surface area contributed by atoms with Crippen molar-refractivity contribution in [2.75, 3.05) is 7.11 Å². The van der Waals surface area contributed by atoms with Gasteiger partial charge in [-0.2, -0.15) is 0 Å². The van der Waals surface area contributed by atoms with Gasteiger partial charge in [-0.15, -0.1) is 11.3 Å². The highest BCUT2D eigenvalue weighted by Gasteiger charge is 2.11. The smallest absolute Gasteiger partial charge is 0.354 e. The van der Waals surface area contributed by atoms with Crippen LogP contribution in [0.3, 0.4) is 0 Å². The minimum Gasteiger partial charge on any atom is -0.464 e. The van der Waals surface area contributed by atoms with Crippen molar-refractivity contribution in [1.29, 1.82) is 0 Å². The lowest BCUT2D eigenvalue weighted by Crippen LogP contribution is -2.25. The predicted molar refractivity (Wildman–Crippen MR) is 62.9 cm³/mol. The van der Waals surface area contributed by atoms with Crippen LogP contribution in [0.1, 0.15) is 16.7 Å². The van der Waals surface area contributed by atoms with Crippen LogP contribution in [0.15, 0.2) is 17.8 Å². The average Bonchev–Trinajstić information content (AvgIpc) is 2.61. The standard InChI is InChI=1S/C11H13NO3S/c1-7-4-5-9(16-7)6-10(11(14)15-3)12-8(2)13/h4-6H,1-3H3,(H,12,13). The summed E-state index contributed by atoms with van der Waals surface area (Å²) in [6.45, 7) is 3.31. The second kappa shape index (κ2) is 5.46. The lowest BCUT2D eigenvalue weighted by atomic mass is 10.3. The first-order valence-electron chi connectivity index (χ1n) is 4.67. The van der Waals surface area contributed by atoms with E-state index in [-0.39, 0.29) is 11.6 Å². The molecule has 5 heteroatoms. The summed E-state index contributed by atoms with van der Waals surface area (Å²) < 4.78 is 4.57. The molecule has 1 heterocycles. The molecule has 1 N–H and O–H groups in total. The third-order valence-corrected chi connectivity index (χ3v) is 2.71. The van der Waals surface area contributed by atoms with E-state index in [1.54, 1.807) is 6.08 Å². The minimum atomic E-state index is -0.554. The van der Waals surface area contributed by atoms with E-state index in [1.807, 2.05) is 19.1 Å². The van der Waals surface area contributed by atoms with E-state index >= 15 is 0 Å². The summed E-state index contributed by atoms with van der Waals surface area (Å²) in [5.74, 6) is -0.855. The maximum Gasteiger partial charge on any atom is 0.354 e. The number of amides is 1. The van der Waals surface area contributed by atoms with Crippen molar-refractivity contribution in [2.24, 2.45) is 0 Å². The Morgan fingerprint density at radius 3 is 2.56 bits per heavy atom. The minimum absolute atomic E-state index is 0.150. The van der Waals surface area contributed by atoms with Gasteiger partial charge in [-0.05, 0) is 25.1 Å². The molecule has 0 aliphatic carbocycles. The highest BCUT2D eigenvalue weighted by atomic mass is 32.1. The fourth-order valence-electron chi connectivity index (χ4n) is 1.12. The molecule has 0 spiro atoms. The van der Waals surface area contributed by atoms with E-state index in [9.17, 15) is 9.59 Å². The van der Waals surface area contributed by atoms with Crippen LogP contribution in [0, 0.1) is 6.92 Å². The van der Waals surface area contributed by atoms with E-state index < -0.39 is 5.97 Å². The molecule has 16 heavy (non-hydrogen) atoms. The number of aryl methyl sites for hydroxylation is 1. The molecule has 0 saturated carbocycles. The van der Waals surface area contributed by atoms with Gasteiger partial charge in [0.1, 0.15) is 5.70 Å². The average molecular weight is 239 g/mol. The zero-order valence-electron chi connectivity index (χ0n) is 9.37. The monoisotopic (exact) mass is 239 g/mol. The topological polar surface area (TPSA) is 55.4 Å². The van der Waals surface area contributed by atoms with Gasteiger partial charge in [-0.1, -0.05) is 0 Å². The molecule has 1 aromatic heterocycles. The first kappa shape index (κ1) is 12.4. The lowest BCUT2D eigenvalue weighted by Gasteiger charge is -2.04. The lowest BCUT2D eigenvalue weighted by molar-refractivity contribution is -0.137. The van der Waals surface area contributed by atoms with Gasteiger partial charge in [0, 0.05) is 16.7 Å². The number of esters is 1. The molecule has 0 aliphatic heterocycles. The Kier molecular flexibility index (Phi) is 4.25. The molecule has 86 valence electrons. The number of hydrogen-bond donors (Lipinski definition) is 1. The highest BCUT2D eigenvalue weighted by Crippen LogP contribution is 2.17. The summed E-state index contributed by atoms with van der Waals surface area (Å²) in [4.78, 5) is 24.3. The molecule has 0 saturated heterocycles. The van der Waals surface area contributed by atoms with Crippen LogP contribution in [0.4, 0.5) is 0 Å².